The smallest absolute Gasteiger partial charge is 0.225 e. The zero-order valence-electron chi connectivity index (χ0n) is 15.0. The molecule has 1 fully saturated rings. The van der Waals surface area contributed by atoms with Gasteiger partial charge in [-0.2, -0.15) is 0 Å². The van der Waals surface area contributed by atoms with Crippen molar-refractivity contribution in [2.75, 3.05) is 13.1 Å². The highest BCUT2D eigenvalue weighted by Gasteiger charge is 2.30. The van der Waals surface area contributed by atoms with Gasteiger partial charge in [0.15, 0.2) is 5.76 Å². The van der Waals surface area contributed by atoms with Crippen LogP contribution in [0, 0.1) is 5.92 Å². The zero-order valence-corrected chi connectivity index (χ0v) is 15.0. The predicted octanol–water partition coefficient (Wildman–Crippen LogP) is 1.73. The molecule has 0 aromatic carbocycles. The van der Waals surface area contributed by atoms with E-state index in [1.165, 1.54) is 0 Å². The first-order chi connectivity index (χ1) is 12.7. The van der Waals surface area contributed by atoms with Crippen LogP contribution in [0.1, 0.15) is 36.9 Å². The highest BCUT2D eigenvalue weighted by Crippen LogP contribution is 2.18. The molecule has 1 N–H and O–H groups in total. The van der Waals surface area contributed by atoms with E-state index in [1.54, 1.807) is 11.1 Å². The van der Waals surface area contributed by atoms with Crippen LogP contribution in [0.15, 0.2) is 35.0 Å². The van der Waals surface area contributed by atoms with Gasteiger partial charge in [0.2, 0.25) is 11.8 Å². The van der Waals surface area contributed by atoms with Crippen LogP contribution >= 0.6 is 0 Å². The maximum atomic E-state index is 12.5. The summed E-state index contributed by atoms with van der Waals surface area (Å²) in [6.07, 6.45) is 4.23. The van der Waals surface area contributed by atoms with Crippen LogP contribution in [-0.2, 0) is 29.0 Å². The second-order valence-corrected chi connectivity index (χ2v) is 6.50. The Hall–Kier alpha value is -2.70. The molecule has 2 aromatic heterocycles. The van der Waals surface area contributed by atoms with Crippen molar-refractivity contribution in [3.63, 3.8) is 0 Å². The van der Waals surface area contributed by atoms with Gasteiger partial charge in [-0.3, -0.25) is 14.6 Å². The van der Waals surface area contributed by atoms with Gasteiger partial charge < -0.3 is 14.7 Å². The van der Waals surface area contributed by atoms with Crippen LogP contribution in [0.5, 0.6) is 0 Å². The molecule has 0 aliphatic carbocycles. The fourth-order valence-corrected chi connectivity index (χ4v) is 3.06. The van der Waals surface area contributed by atoms with Crippen LogP contribution in [0.25, 0.3) is 0 Å². The number of carbonyl (C=O) groups excluding carboxylic acids is 2. The Kier molecular flexibility index (Phi) is 5.99. The second kappa shape index (κ2) is 8.60. The van der Waals surface area contributed by atoms with E-state index in [9.17, 15) is 9.59 Å². The van der Waals surface area contributed by atoms with Gasteiger partial charge in [0.25, 0.3) is 0 Å². The summed E-state index contributed by atoms with van der Waals surface area (Å²) in [7, 11) is 0. The lowest BCUT2D eigenvalue weighted by Gasteiger charge is -2.31. The molecular formula is C19H24N4O3. The molecule has 0 radical (unpaired) electrons. The quantitative estimate of drug-likeness (QED) is 0.816. The average molecular weight is 356 g/mol. The lowest BCUT2D eigenvalue weighted by molar-refractivity contribution is -0.138. The molecule has 7 nitrogen and oxygen atoms in total. The summed E-state index contributed by atoms with van der Waals surface area (Å²) < 4.78 is 5.18. The summed E-state index contributed by atoms with van der Waals surface area (Å²) in [5, 5.41) is 6.81. The van der Waals surface area contributed by atoms with Crippen molar-refractivity contribution in [3.8, 4) is 0 Å². The predicted molar refractivity (Wildman–Crippen MR) is 95.0 cm³/mol. The number of nitrogens with one attached hydrogen (secondary N) is 1. The number of amides is 2. The molecule has 0 bridgehead atoms. The fourth-order valence-electron chi connectivity index (χ4n) is 3.06. The third kappa shape index (κ3) is 4.68. The van der Waals surface area contributed by atoms with Gasteiger partial charge in [-0.05, 0) is 25.0 Å². The zero-order chi connectivity index (χ0) is 18.4. The Bertz CT molecular complexity index is 744. The molecule has 1 aliphatic heterocycles. The molecule has 2 amide bonds. The fraction of sp³-hybridized carbons (Fsp3) is 0.474. The first kappa shape index (κ1) is 18.1. The van der Waals surface area contributed by atoms with Gasteiger partial charge in [0.1, 0.15) is 0 Å². The summed E-state index contributed by atoms with van der Waals surface area (Å²) in [5.41, 5.74) is 1.82. The van der Waals surface area contributed by atoms with Gasteiger partial charge in [0, 0.05) is 43.9 Å². The number of hydrogen-bond donors (Lipinski definition) is 1. The Balaban J connectivity index is 1.49. The second-order valence-electron chi connectivity index (χ2n) is 6.50. The molecule has 1 saturated heterocycles. The standard InChI is InChI=1S/C19H24N4O3/c1-2-15-11-17(26-22-15)12-21-19(25)14-6-7-18(24)23(13-14)10-8-16-5-3-4-9-20-16/h3-5,9,11,14H,2,6-8,10,12-13H2,1H3,(H,21,25)/t14-/m1/s1. The first-order valence-corrected chi connectivity index (χ1v) is 9.05. The highest BCUT2D eigenvalue weighted by molar-refractivity contribution is 5.83. The Morgan fingerprint density at radius 3 is 3.00 bits per heavy atom. The average Bonchev–Trinajstić information content (AvgIpc) is 3.14. The number of aromatic nitrogens is 2. The van der Waals surface area contributed by atoms with Crippen molar-refractivity contribution in [1.29, 1.82) is 0 Å². The van der Waals surface area contributed by atoms with E-state index in [0.717, 1.165) is 17.8 Å². The number of hydrogen-bond acceptors (Lipinski definition) is 5. The lowest BCUT2D eigenvalue weighted by Crippen LogP contribution is -2.46. The van der Waals surface area contributed by atoms with Crippen LogP contribution in [-0.4, -0.2) is 39.9 Å². The lowest BCUT2D eigenvalue weighted by atomic mass is 9.96. The minimum atomic E-state index is -0.190. The number of likely N-dealkylation sites (tertiary alicyclic amines) is 1. The van der Waals surface area contributed by atoms with E-state index in [2.05, 4.69) is 15.5 Å². The van der Waals surface area contributed by atoms with Gasteiger partial charge in [-0.1, -0.05) is 18.1 Å². The van der Waals surface area contributed by atoms with Gasteiger partial charge in [0.05, 0.1) is 18.2 Å². The van der Waals surface area contributed by atoms with Crippen molar-refractivity contribution in [2.45, 2.75) is 39.2 Å². The number of carbonyl (C=O) groups is 2. The van der Waals surface area contributed by atoms with E-state index >= 15 is 0 Å². The molecule has 3 heterocycles. The molecule has 26 heavy (non-hydrogen) atoms. The molecule has 0 saturated carbocycles. The molecule has 2 aromatic rings. The van der Waals surface area contributed by atoms with E-state index in [-0.39, 0.29) is 17.7 Å². The number of nitrogens with zero attached hydrogens (tertiary/aromatic N) is 3. The van der Waals surface area contributed by atoms with E-state index in [1.807, 2.05) is 31.2 Å². The number of piperidine rings is 1. The van der Waals surface area contributed by atoms with Gasteiger partial charge >= 0.3 is 0 Å². The summed E-state index contributed by atoms with van der Waals surface area (Å²) in [6.45, 7) is 3.36. The Labute approximate surface area is 152 Å². The van der Waals surface area contributed by atoms with Crippen LogP contribution in [0.3, 0.4) is 0 Å². The Morgan fingerprint density at radius 1 is 1.38 bits per heavy atom. The summed E-state index contributed by atoms with van der Waals surface area (Å²) in [5.74, 6) is 0.515. The van der Waals surface area contributed by atoms with Gasteiger partial charge in [-0.25, -0.2) is 0 Å². The van der Waals surface area contributed by atoms with E-state index < -0.39 is 0 Å². The van der Waals surface area contributed by atoms with E-state index in [4.69, 9.17) is 4.52 Å². The monoisotopic (exact) mass is 356 g/mol. The number of pyridine rings is 1. The normalized spacial score (nSPS) is 17.3. The highest BCUT2D eigenvalue weighted by atomic mass is 16.5. The van der Waals surface area contributed by atoms with Crippen LogP contribution in [0.2, 0.25) is 0 Å². The minimum absolute atomic E-state index is 0.0465. The molecule has 7 heteroatoms. The topological polar surface area (TPSA) is 88.3 Å². The molecule has 138 valence electrons. The largest absolute Gasteiger partial charge is 0.359 e. The summed E-state index contributed by atoms with van der Waals surface area (Å²) in [4.78, 5) is 30.7. The minimum Gasteiger partial charge on any atom is -0.359 e. The third-order valence-corrected chi connectivity index (χ3v) is 4.64. The third-order valence-electron chi connectivity index (χ3n) is 4.64. The Morgan fingerprint density at radius 2 is 2.27 bits per heavy atom. The van der Waals surface area contributed by atoms with Crippen molar-refractivity contribution >= 4 is 11.8 Å². The van der Waals surface area contributed by atoms with Crippen molar-refractivity contribution in [3.05, 3.63) is 47.6 Å². The van der Waals surface area contributed by atoms with Crippen molar-refractivity contribution in [2.24, 2.45) is 5.92 Å². The van der Waals surface area contributed by atoms with Crippen molar-refractivity contribution < 1.29 is 14.1 Å². The van der Waals surface area contributed by atoms with Gasteiger partial charge in [-0.15, -0.1) is 0 Å². The van der Waals surface area contributed by atoms with Crippen molar-refractivity contribution in [1.82, 2.24) is 20.4 Å². The number of rotatable bonds is 7. The maximum absolute atomic E-state index is 12.5. The molecule has 1 atom stereocenters. The number of aryl methyl sites for hydroxylation is 1. The maximum Gasteiger partial charge on any atom is 0.225 e. The SMILES string of the molecule is CCc1cc(CNC(=O)[C@@H]2CCC(=O)N(CCc3ccccn3)C2)on1. The van der Waals surface area contributed by atoms with Crippen LogP contribution in [0.4, 0.5) is 0 Å². The van der Waals surface area contributed by atoms with Crippen LogP contribution < -0.4 is 5.32 Å². The molecule has 3 rings (SSSR count). The molecule has 0 unspecified atom stereocenters. The summed E-state index contributed by atoms with van der Waals surface area (Å²) in [6, 6.07) is 7.60. The first-order valence-electron chi connectivity index (χ1n) is 9.05. The summed E-state index contributed by atoms with van der Waals surface area (Å²) >= 11 is 0. The molecule has 0 spiro atoms. The van der Waals surface area contributed by atoms with E-state index in [0.29, 0.717) is 44.7 Å². The molecular weight excluding hydrogens is 332 g/mol. The molecule has 1 aliphatic rings.